The number of nitrogens with one attached hydrogen (secondary N) is 1. The molecule has 3 aromatic rings. The van der Waals surface area contributed by atoms with Crippen LogP contribution < -0.4 is 14.8 Å². The molecule has 0 spiro atoms. The zero-order chi connectivity index (χ0) is 19.8. The summed E-state index contributed by atoms with van der Waals surface area (Å²) in [5.74, 6) is 2.24. The van der Waals surface area contributed by atoms with Gasteiger partial charge in [-0.3, -0.25) is 0 Å². The maximum atomic E-state index is 5.71. The summed E-state index contributed by atoms with van der Waals surface area (Å²) < 4.78 is 10.9. The second-order valence-corrected chi connectivity index (χ2v) is 7.39. The van der Waals surface area contributed by atoms with Crippen molar-refractivity contribution in [2.45, 2.75) is 9.92 Å². The maximum Gasteiger partial charge on any atom is 0.228 e. The third kappa shape index (κ3) is 6.14. The number of anilines is 2. The maximum absolute atomic E-state index is 5.71. The van der Waals surface area contributed by atoms with Crippen molar-refractivity contribution in [1.29, 1.82) is 0 Å². The number of hydrogen-bond acceptors (Lipinski definition) is 7. The van der Waals surface area contributed by atoms with E-state index in [0.29, 0.717) is 12.6 Å². The lowest BCUT2D eigenvalue weighted by Gasteiger charge is -2.11. The fourth-order valence-corrected chi connectivity index (χ4v) is 3.11. The van der Waals surface area contributed by atoms with Crippen molar-refractivity contribution in [3.63, 3.8) is 0 Å². The van der Waals surface area contributed by atoms with E-state index >= 15 is 0 Å². The monoisotopic (exact) mass is 396 g/mol. The lowest BCUT2D eigenvalue weighted by atomic mass is 10.3. The summed E-state index contributed by atoms with van der Waals surface area (Å²) in [6, 6.07) is 17.6. The van der Waals surface area contributed by atoms with Gasteiger partial charge in [-0.05, 0) is 68.7 Å². The molecule has 0 aliphatic heterocycles. The summed E-state index contributed by atoms with van der Waals surface area (Å²) in [5.41, 5.74) is 0.909. The van der Waals surface area contributed by atoms with Crippen molar-refractivity contribution in [2.24, 2.45) is 0 Å². The zero-order valence-electron chi connectivity index (χ0n) is 16.3. The average Bonchev–Trinajstić information content (AvgIpc) is 2.70. The van der Waals surface area contributed by atoms with Crippen molar-refractivity contribution in [3.05, 3.63) is 60.8 Å². The number of nitrogens with zero attached hydrogens (tertiary/aromatic N) is 3. The van der Waals surface area contributed by atoms with Crippen LogP contribution in [0.4, 0.5) is 11.6 Å². The van der Waals surface area contributed by atoms with Crippen LogP contribution in [0, 0.1) is 0 Å². The molecule has 1 aromatic heterocycles. The molecule has 0 radical (unpaired) electrons. The molecule has 3 rings (SSSR count). The van der Waals surface area contributed by atoms with Gasteiger partial charge in [-0.15, -0.1) is 0 Å². The highest BCUT2D eigenvalue weighted by molar-refractivity contribution is 7.99. The molecule has 0 atom stereocenters. The smallest absolute Gasteiger partial charge is 0.228 e. The first-order valence-corrected chi connectivity index (χ1v) is 9.73. The SMILES string of the molecule is COc1ccc(Sc2ccnc(Nc3ccc(OCCN(C)C)cc3)n2)cc1. The summed E-state index contributed by atoms with van der Waals surface area (Å²) in [4.78, 5) is 12.0. The Bertz CT molecular complexity index is 870. The van der Waals surface area contributed by atoms with E-state index in [1.165, 1.54) is 0 Å². The molecule has 146 valence electrons. The van der Waals surface area contributed by atoms with Crippen molar-refractivity contribution in [1.82, 2.24) is 14.9 Å². The number of aromatic nitrogens is 2. The highest BCUT2D eigenvalue weighted by atomic mass is 32.2. The molecule has 0 saturated heterocycles. The molecule has 28 heavy (non-hydrogen) atoms. The summed E-state index contributed by atoms with van der Waals surface area (Å²) >= 11 is 1.57. The number of methoxy groups -OCH3 is 1. The molecule has 1 heterocycles. The summed E-state index contributed by atoms with van der Waals surface area (Å²) in [5, 5.41) is 4.10. The van der Waals surface area contributed by atoms with E-state index < -0.39 is 0 Å². The minimum atomic E-state index is 0.555. The Morgan fingerprint density at radius 2 is 1.68 bits per heavy atom. The minimum Gasteiger partial charge on any atom is -0.497 e. The molecule has 0 fully saturated rings. The Hall–Kier alpha value is -2.77. The lowest BCUT2D eigenvalue weighted by Crippen LogP contribution is -2.19. The van der Waals surface area contributed by atoms with E-state index in [4.69, 9.17) is 9.47 Å². The second kappa shape index (κ2) is 9.96. The third-order valence-corrected chi connectivity index (χ3v) is 4.77. The van der Waals surface area contributed by atoms with E-state index in [1.54, 1.807) is 25.1 Å². The van der Waals surface area contributed by atoms with Crippen LogP contribution in [0.1, 0.15) is 0 Å². The van der Waals surface area contributed by atoms with Gasteiger partial charge in [0.15, 0.2) is 0 Å². The molecule has 7 heteroatoms. The first-order chi connectivity index (χ1) is 13.6. The van der Waals surface area contributed by atoms with Crippen molar-refractivity contribution >= 4 is 23.4 Å². The van der Waals surface area contributed by atoms with Gasteiger partial charge in [-0.2, -0.15) is 0 Å². The van der Waals surface area contributed by atoms with Crippen LogP contribution in [0.2, 0.25) is 0 Å². The number of benzene rings is 2. The normalized spacial score (nSPS) is 10.7. The van der Waals surface area contributed by atoms with Crippen LogP contribution in [-0.2, 0) is 0 Å². The van der Waals surface area contributed by atoms with Gasteiger partial charge in [0.25, 0.3) is 0 Å². The molecule has 0 amide bonds. The van der Waals surface area contributed by atoms with Gasteiger partial charge in [-0.25, -0.2) is 9.97 Å². The Morgan fingerprint density at radius 1 is 0.964 bits per heavy atom. The third-order valence-electron chi connectivity index (χ3n) is 3.83. The molecule has 6 nitrogen and oxygen atoms in total. The zero-order valence-corrected chi connectivity index (χ0v) is 17.1. The van der Waals surface area contributed by atoms with Crippen molar-refractivity contribution in [3.8, 4) is 11.5 Å². The Morgan fingerprint density at radius 3 is 2.36 bits per heavy atom. The molecule has 0 saturated carbocycles. The fraction of sp³-hybridized carbons (Fsp3) is 0.238. The first kappa shape index (κ1) is 20.0. The molecule has 1 N–H and O–H groups in total. The van der Waals surface area contributed by atoms with Crippen LogP contribution in [0.5, 0.6) is 11.5 Å². The lowest BCUT2D eigenvalue weighted by molar-refractivity contribution is 0.261. The standard InChI is InChI=1S/C21H24N4O2S/c1-25(2)14-15-27-18-6-4-16(5-7-18)23-21-22-13-12-20(24-21)28-19-10-8-17(26-3)9-11-19/h4-13H,14-15H2,1-3H3,(H,22,23,24). The average molecular weight is 397 g/mol. The first-order valence-electron chi connectivity index (χ1n) is 8.92. The fourth-order valence-electron chi connectivity index (χ4n) is 2.33. The number of rotatable bonds is 9. The van der Waals surface area contributed by atoms with Crippen molar-refractivity contribution < 1.29 is 9.47 Å². The molecule has 0 aliphatic carbocycles. The van der Waals surface area contributed by atoms with E-state index in [9.17, 15) is 0 Å². The minimum absolute atomic E-state index is 0.555. The van der Waals surface area contributed by atoms with E-state index in [1.807, 2.05) is 68.7 Å². The number of likely N-dealkylation sites (N-methyl/N-ethyl adjacent to an activating group) is 1. The van der Waals surface area contributed by atoms with Crippen molar-refractivity contribution in [2.75, 3.05) is 39.7 Å². The van der Waals surface area contributed by atoms with E-state index in [2.05, 4.69) is 20.2 Å². The molecule has 2 aromatic carbocycles. The van der Waals surface area contributed by atoms with Crippen LogP contribution in [-0.4, -0.2) is 49.2 Å². The number of ether oxygens (including phenoxy) is 2. The summed E-state index contributed by atoms with van der Waals surface area (Å²) in [7, 11) is 5.71. The Balaban J connectivity index is 1.59. The van der Waals surface area contributed by atoms with Gasteiger partial charge in [0.05, 0.1) is 7.11 Å². The molecule has 0 bridgehead atoms. The highest BCUT2D eigenvalue weighted by Crippen LogP contribution is 2.28. The van der Waals surface area contributed by atoms with Crippen LogP contribution >= 0.6 is 11.8 Å². The highest BCUT2D eigenvalue weighted by Gasteiger charge is 2.04. The van der Waals surface area contributed by atoms with Crippen LogP contribution in [0.3, 0.4) is 0 Å². The quantitative estimate of drug-likeness (QED) is 0.541. The van der Waals surface area contributed by atoms with Gasteiger partial charge in [0, 0.05) is 23.3 Å². The predicted molar refractivity (Wildman–Crippen MR) is 113 cm³/mol. The van der Waals surface area contributed by atoms with Crippen LogP contribution in [0.25, 0.3) is 0 Å². The van der Waals surface area contributed by atoms with Gasteiger partial charge in [0.2, 0.25) is 5.95 Å². The second-order valence-electron chi connectivity index (χ2n) is 6.30. The van der Waals surface area contributed by atoms with Gasteiger partial charge < -0.3 is 19.7 Å². The number of hydrogen-bond donors (Lipinski definition) is 1. The van der Waals surface area contributed by atoms with E-state index in [-0.39, 0.29) is 0 Å². The summed E-state index contributed by atoms with van der Waals surface area (Å²) in [6.07, 6.45) is 1.75. The molecule has 0 unspecified atom stereocenters. The summed E-state index contributed by atoms with van der Waals surface area (Å²) in [6.45, 7) is 1.54. The molecule has 0 aliphatic rings. The van der Waals surface area contributed by atoms with Gasteiger partial charge >= 0.3 is 0 Å². The van der Waals surface area contributed by atoms with E-state index in [0.717, 1.165) is 33.7 Å². The Labute approximate surface area is 169 Å². The Kier molecular flexibility index (Phi) is 7.11. The molecular weight excluding hydrogens is 372 g/mol. The van der Waals surface area contributed by atoms with Gasteiger partial charge in [-0.1, -0.05) is 11.8 Å². The predicted octanol–water partition coefficient (Wildman–Crippen LogP) is 4.32. The topological polar surface area (TPSA) is 59.5 Å². The van der Waals surface area contributed by atoms with Crippen LogP contribution in [0.15, 0.2) is 70.7 Å². The largest absolute Gasteiger partial charge is 0.497 e. The van der Waals surface area contributed by atoms with Gasteiger partial charge in [0.1, 0.15) is 23.1 Å². The molecular formula is C21H24N4O2S.